The van der Waals surface area contributed by atoms with Crippen molar-refractivity contribution in [1.29, 1.82) is 0 Å². The Morgan fingerprint density at radius 2 is 1.36 bits per heavy atom. The summed E-state index contributed by atoms with van der Waals surface area (Å²) in [4.78, 5) is 120. The second kappa shape index (κ2) is 30.0. The molecule has 0 radical (unpaired) electrons. The Balaban J connectivity index is 0.955. The van der Waals surface area contributed by atoms with Gasteiger partial charge < -0.3 is 86.9 Å². The van der Waals surface area contributed by atoms with E-state index in [0.29, 0.717) is 27.0 Å². The van der Waals surface area contributed by atoms with Crippen molar-refractivity contribution in [2.24, 2.45) is 17.1 Å². The molecule has 4 saturated heterocycles. The molecule has 4 aliphatic heterocycles. The number of nitrogens with one attached hydrogen (secondary N) is 5. The maximum Gasteiger partial charge on any atom is 0.446 e. The number of β-amino-alcohol motifs (C(OH)–C–C–N with tert-alkyl or cyclic N) is 1. The van der Waals surface area contributed by atoms with E-state index in [-0.39, 0.29) is 11.1 Å². The van der Waals surface area contributed by atoms with Gasteiger partial charge in [0.25, 0.3) is 5.91 Å². The Kier molecular flexibility index (Phi) is 22.5. The fraction of sp³-hybridized carbons (Fsp3) is 0.548. The smallest absolute Gasteiger partial charge is 0.446 e. The first-order chi connectivity index (χ1) is 44.8. The van der Waals surface area contributed by atoms with Crippen LogP contribution >= 0.6 is 11.3 Å². The average molecular weight is 1360 g/mol. The summed E-state index contributed by atoms with van der Waals surface area (Å²) in [7, 11) is -5.24. The third kappa shape index (κ3) is 17.5. The standard InChI is InChI=1S/C62H82N12O19S2/c1-31-29-74-51(52(31)82)57(87)64-28-39(76)25-41(65-53(83)34-6-8-35(9-7-34)58-69-70-59(94-58)36-10-12-37(13-11-36)71-19-21-72(22-20-71)38-15-17-62(3,4)18-16-38)54(84)66-48(32(2)75)60(88)73-30-40(77)26-42(73)55(85)67-49(56(86)68-50(61(74)89)45(80)27-47(63)81)44(79)23-33-5-14-43(78)46(24-33)93-95(90,91)92/h5-14,24,31-32,38-42,44-45,48-52,75-80,82H,15-23,25-30H2,1-4H3,(H2,63,81)(H,64,87)(H,65,83)(H,66,84)(H,67,85)(H,68,86)(H,90,91,92)/t31-,32+,39+,40+,41-,42-,44+,45+,48-,49-,50-,51-,52-/m0/s1. The van der Waals surface area contributed by atoms with Crippen molar-refractivity contribution in [3.8, 4) is 32.6 Å². The summed E-state index contributed by atoms with van der Waals surface area (Å²) in [6.45, 7) is 9.35. The average Bonchev–Trinajstić information content (AvgIpc) is 1.69. The number of fused-ring (bicyclic) bond motifs is 2. The van der Waals surface area contributed by atoms with Crippen molar-refractivity contribution in [1.82, 2.24) is 51.5 Å². The van der Waals surface area contributed by atoms with Crippen LogP contribution in [0.5, 0.6) is 11.5 Å². The highest BCUT2D eigenvalue weighted by molar-refractivity contribution is 7.81. The molecular weight excluding hydrogens is 1280 g/mol. The van der Waals surface area contributed by atoms with E-state index in [1.807, 2.05) is 12.1 Å². The molecular formula is C62H82N12O19S2. The molecule has 0 unspecified atom stereocenters. The number of aliphatic hydroxyl groups excluding tert-OH is 6. The molecule has 5 aliphatic rings. The number of rotatable bonds is 15. The lowest BCUT2D eigenvalue weighted by molar-refractivity contribution is -0.147. The van der Waals surface area contributed by atoms with Crippen LogP contribution in [0.25, 0.3) is 21.1 Å². The first-order valence-corrected chi connectivity index (χ1v) is 33.5. The molecule has 5 fully saturated rings. The highest BCUT2D eigenvalue weighted by Gasteiger charge is 2.50. The summed E-state index contributed by atoms with van der Waals surface area (Å²) < 4.78 is 36.9. The van der Waals surface area contributed by atoms with Gasteiger partial charge in [0.05, 0.1) is 43.0 Å². The highest BCUT2D eigenvalue weighted by atomic mass is 32.3. The van der Waals surface area contributed by atoms with Crippen molar-refractivity contribution >= 4 is 74.7 Å². The van der Waals surface area contributed by atoms with Gasteiger partial charge in [-0.25, -0.2) is 0 Å². The molecule has 33 heteroatoms. The molecule has 8 amide bonds. The number of phenols is 1. The van der Waals surface area contributed by atoms with E-state index in [1.54, 1.807) is 12.1 Å². The number of hydrogen-bond donors (Lipinski definition) is 14. The molecule has 0 spiro atoms. The van der Waals surface area contributed by atoms with Crippen molar-refractivity contribution in [2.75, 3.05) is 50.7 Å². The lowest BCUT2D eigenvalue weighted by Crippen LogP contribution is -2.64. The Bertz CT molecular complexity index is 3580. The van der Waals surface area contributed by atoms with Gasteiger partial charge in [-0.15, -0.1) is 10.2 Å². The molecule has 1 aromatic heterocycles. The second-order valence-electron chi connectivity index (χ2n) is 25.9. The van der Waals surface area contributed by atoms with Gasteiger partial charge in [-0.1, -0.05) is 50.3 Å². The summed E-state index contributed by atoms with van der Waals surface area (Å²) in [6.07, 6.45) is -9.17. The number of phenolic OH excluding ortho intramolecular Hbond substituents is 1. The van der Waals surface area contributed by atoms with Gasteiger partial charge >= 0.3 is 10.4 Å². The zero-order chi connectivity index (χ0) is 69.0. The molecule has 1 aliphatic carbocycles. The van der Waals surface area contributed by atoms with Crippen LogP contribution in [0.4, 0.5) is 5.69 Å². The highest BCUT2D eigenvalue weighted by Crippen LogP contribution is 2.38. The van der Waals surface area contributed by atoms with Gasteiger partial charge in [-0.3, -0.25) is 47.8 Å². The number of amides is 8. The molecule has 15 N–H and O–H groups in total. The van der Waals surface area contributed by atoms with Gasteiger partial charge in [-0.2, -0.15) is 8.42 Å². The monoisotopic (exact) mass is 1360 g/mol. The summed E-state index contributed by atoms with van der Waals surface area (Å²) in [5, 5.41) is 100. The van der Waals surface area contributed by atoms with Crippen molar-refractivity contribution in [2.45, 2.75) is 158 Å². The molecule has 516 valence electrons. The molecule has 5 heterocycles. The minimum absolute atomic E-state index is 0.00217. The zero-order valence-electron chi connectivity index (χ0n) is 52.7. The van der Waals surface area contributed by atoms with Crippen LogP contribution in [0, 0.1) is 11.3 Å². The van der Waals surface area contributed by atoms with Gasteiger partial charge in [0.2, 0.25) is 41.4 Å². The predicted octanol–water partition coefficient (Wildman–Crippen LogP) is -2.33. The maximum atomic E-state index is 14.7. The number of aromatic nitrogens is 2. The summed E-state index contributed by atoms with van der Waals surface area (Å²) >= 11 is 1.33. The first-order valence-electron chi connectivity index (χ1n) is 31.3. The number of anilines is 1. The van der Waals surface area contributed by atoms with E-state index in [2.05, 4.69) is 76.7 Å². The number of hydrogen-bond acceptors (Lipinski definition) is 23. The Hall–Kier alpha value is -7.99. The molecule has 95 heavy (non-hydrogen) atoms. The fourth-order valence-electron chi connectivity index (χ4n) is 12.8. The van der Waals surface area contributed by atoms with Crippen LogP contribution in [0.15, 0.2) is 66.7 Å². The number of nitrogens with two attached hydrogens (primary N) is 1. The van der Waals surface area contributed by atoms with E-state index in [1.165, 1.54) is 56.1 Å². The largest absolute Gasteiger partial charge is 0.504 e. The summed E-state index contributed by atoms with van der Waals surface area (Å²) in [5.74, 6) is -12.2. The Labute approximate surface area is 551 Å². The minimum Gasteiger partial charge on any atom is -0.504 e. The second-order valence-corrected chi connectivity index (χ2v) is 27.9. The van der Waals surface area contributed by atoms with Crippen molar-refractivity contribution in [3.63, 3.8) is 0 Å². The van der Waals surface area contributed by atoms with Crippen LogP contribution in [0.1, 0.15) is 88.6 Å². The van der Waals surface area contributed by atoms with E-state index < -0.39 is 193 Å². The molecule has 4 aromatic rings. The van der Waals surface area contributed by atoms with E-state index in [9.17, 15) is 87.1 Å². The lowest BCUT2D eigenvalue weighted by atomic mass is 9.75. The fourth-order valence-corrected chi connectivity index (χ4v) is 14.1. The Morgan fingerprint density at radius 1 is 0.758 bits per heavy atom. The van der Waals surface area contributed by atoms with Crippen LogP contribution in [0.2, 0.25) is 0 Å². The van der Waals surface area contributed by atoms with Crippen molar-refractivity contribution in [3.05, 3.63) is 77.9 Å². The molecule has 1 saturated carbocycles. The van der Waals surface area contributed by atoms with E-state index >= 15 is 0 Å². The first kappa shape index (κ1) is 71.3. The molecule has 3 aromatic carbocycles. The lowest BCUT2D eigenvalue weighted by Gasteiger charge is -2.44. The number of piperazine rings is 1. The zero-order valence-corrected chi connectivity index (χ0v) is 54.3. The number of carbonyl (C=O) groups is 8. The third-order valence-corrected chi connectivity index (χ3v) is 19.7. The van der Waals surface area contributed by atoms with Gasteiger partial charge in [-0.05, 0) is 92.1 Å². The summed E-state index contributed by atoms with van der Waals surface area (Å²) in [5.41, 5.74) is 8.25. The number of nitrogens with zero attached hydrogens (tertiary/aromatic N) is 6. The SMILES string of the molecule is C[C@@H](O)[C@@H]1NC(=O)[C@@H](NC(=O)c2ccc(-c3nnc(-c4ccc(N5CCN(C6CCC(C)(C)CC6)CC5)cc4)s3)cc2)C[C@@H](O)CNC(=O)[C@@H]2[C@@H](O)[C@@H](C)CN2C(=O)[C@H]([C@H](O)CC(N)=O)NC(=O)[C@H]([C@H](O)Cc2ccc(O)c(OS(=O)(=O)O)c2)NC(=O)[C@@H]2C[C@@H](O)CN2C1=O. The minimum atomic E-state index is -5.24. The Morgan fingerprint density at radius 3 is 1.97 bits per heavy atom. The van der Waals surface area contributed by atoms with Crippen LogP contribution in [0.3, 0.4) is 0 Å². The molecule has 0 bridgehead atoms. The topological polar surface area (TPSA) is 467 Å². The van der Waals surface area contributed by atoms with Gasteiger partial charge in [0.1, 0.15) is 46.3 Å². The normalized spacial score (nSPS) is 27.4. The maximum absolute atomic E-state index is 14.7. The molecule has 9 rings (SSSR count). The number of aromatic hydroxyl groups is 1. The van der Waals surface area contributed by atoms with Gasteiger partial charge in [0, 0.05) is 99.4 Å². The third-order valence-electron chi connectivity index (χ3n) is 18.3. The number of benzene rings is 3. The summed E-state index contributed by atoms with van der Waals surface area (Å²) in [6, 6.07) is 5.78. The van der Waals surface area contributed by atoms with E-state index in [0.717, 1.165) is 72.4 Å². The van der Waals surface area contributed by atoms with E-state index in [4.69, 9.17) is 5.73 Å². The quantitative estimate of drug-likeness (QED) is 0.0555. The number of aliphatic hydroxyl groups is 6. The number of carbonyl (C=O) groups excluding carboxylic acids is 8. The van der Waals surface area contributed by atoms with Crippen LogP contribution in [-0.4, -0.2) is 246 Å². The number of primary amides is 1. The van der Waals surface area contributed by atoms with Crippen molar-refractivity contribution < 1.29 is 91.3 Å². The predicted molar refractivity (Wildman–Crippen MR) is 340 cm³/mol. The van der Waals surface area contributed by atoms with Gasteiger partial charge in [0.15, 0.2) is 11.5 Å². The van der Waals surface area contributed by atoms with Crippen LogP contribution < -0.4 is 41.4 Å². The molecule has 13 atom stereocenters. The molecule has 31 nitrogen and oxygen atoms in total. The van der Waals surface area contributed by atoms with Crippen LogP contribution in [-0.2, 0) is 50.4 Å².